The summed E-state index contributed by atoms with van der Waals surface area (Å²) in [5.74, 6) is -0.447. The third kappa shape index (κ3) is 4.99. The third-order valence-corrected chi connectivity index (χ3v) is 7.86. The topological polar surface area (TPSA) is 78.7 Å². The second-order valence-corrected chi connectivity index (χ2v) is 10.6. The molecule has 0 aliphatic carbocycles. The Morgan fingerprint density at radius 2 is 1.45 bits per heavy atom. The Bertz CT molecular complexity index is 1710. The molecule has 7 heteroatoms. The van der Waals surface area contributed by atoms with Crippen LogP contribution in [-0.2, 0) is 13.0 Å². The van der Waals surface area contributed by atoms with E-state index in [2.05, 4.69) is 6.07 Å². The summed E-state index contributed by atoms with van der Waals surface area (Å²) >= 11 is 0. The number of para-hydroxylation sites is 2. The van der Waals surface area contributed by atoms with Gasteiger partial charge in [-0.25, -0.2) is 4.68 Å². The molecule has 1 aromatic heterocycles. The standard InChI is InChI=1S/C35H32N4O3/c1-24-12-11-19-32(33(24)35(42)37-22-27-14-10-9-13-26(27)21-30(37)23-40)39-25(2)20-31(36-39)34(41)38(28-15-5-3-6-16-28)29-17-7-4-8-18-29/h3-20,30,40H,21-23H2,1-2H3. The lowest BCUT2D eigenvalue weighted by atomic mass is 9.93. The number of rotatable bonds is 6. The summed E-state index contributed by atoms with van der Waals surface area (Å²) in [6, 6.07) is 34.1. The smallest absolute Gasteiger partial charge is 0.283 e. The Morgan fingerprint density at radius 3 is 2.10 bits per heavy atom. The van der Waals surface area contributed by atoms with E-state index in [1.807, 2.05) is 111 Å². The lowest BCUT2D eigenvalue weighted by Gasteiger charge is -2.36. The van der Waals surface area contributed by atoms with Gasteiger partial charge in [0.25, 0.3) is 11.8 Å². The van der Waals surface area contributed by atoms with Gasteiger partial charge in [0.15, 0.2) is 5.69 Å². The molecule has 5 aromatic rings. The molecule has 0 saturated heterocycles. The van der Waals surface area contributed by atoms with E-state index in [4.69, 9.17) is 5.10 Å². The van der Waals surface area contributed by atoms with Crippen molar-refractivity contribution in [3.8, 4) is 5.69 Å². The number of nitrogens with zero attached hydrogens (tertiary/aromatic N) is 4. The van der Waals surface area contributed by atoms with Gasteiger partial charge in [-0.3, -0.25) is 14.5 Å². The van der Waals surface area contributed by atoms with Crippen LogP contribution in [0.4, 0.5) is 11.4 Å². The van der Waals surface area contributed by atoms with Crippen molar-refractivity contribution in [2.45, 2.75) is 32.9 Å². The summed E-state index contributed by atoms with van der Waals surface area (Å²) in [6.07, 6.45) is 0.591. The molecule has 0 saturated carbocycles. The van der Waals surface area contributed by atoms with Crippen molar-refractivity contribution in [3.63, 3.8) is 0 Å². The summed E-state index contributed by atoms with van der Waals surface area (Å²) in [5, 5.41) is 15.0. The van der Waals surface area contributed by atoms with Crippen molar-refractivity contribution in [3.05, 3.63) is 143 Å². The van der Waals surface area contributed by atoms with E-state index in [1.165, 1.54) is 0 Å². The summed E-state index contributed by atoms with van der Waals surface area (Å²) in [6.45, 7) is 4.07. The number of carbonyl (C=O) groups is 2. The maximum absolute atomic E-state index is 14.2. The van der Waals surface area contributed by atoms with Crippen LogP contribution in [0.5, 0.6) is 0 Å². The van der Waals surface area contributed by atoms with Crippen LogP contribution in [0.25, 0.3) is 5.69 Å². The van der Waals surface area contributed by atoms with Crippen LogP contribution in [0, 0.1) is 13.8 Å². The second-order valence-electron chi connectivity index (χ2n) is 10.6. The molecule has 2 amide bonds. The van der Waals surface area contributed by atoms with Crippen molar-refractivity contribution < 1.29 is 14.7 Å². The van der Waals surface area contributed by atoms with Crippen molar-refractivity contribution in [2.24, 2.45) is 0 Å². The van der Waals surface area contributed by atoms with Crippen LogP contribution < -0.4 is 4.90 Å². The Morgan fingerprint density at radius 1 is 0.833 bits per heavy atom. The molecule has 1 N–H and O–H groups in total. The number of fused-ring (bicyclic) bond motifs is 1. The molecule has 1 atom stereocenters. The van der Waals surface area contributed by atoms with E-state index in [1.54, 1.807) is 20.5 Å². The zero-order valence-corrected chi connectivity index (χ0v) is 23.6. The molecule has 0 fully saturated rings. The zero-order valence-electron chi connectivity index (χ0n) is 23.6. The maximum Gasteiger partial charge on any atom is 0.283 e. The van der Waals surface area contributed by atoms with E-state index >= 15 is 0 Å². The maximum atomic E-state index is 14.2. The average molecular weight is 557 g/mol. The Hall–Kier alpha value is -5.01. The molecule has 7 nitrogen and oxygen atoms in total. The number of hydrogen-bond donors (Lipinski definition) is 1. The second kappa shape index (κ2) is 11.5. The van der Waals surface area contributed by atoms with E-state index in [0.29, 0.717) is 24.2 Å². The molecule has 0 spiro atoms. The van der Waals surface area contributed by atoms with Gasteiger partial charge in [-0.1, -0.05) is 72.8 Å². The molecular formula is C35H32N4O3. The average Bonchev–Trinajstić information content (AvgIpc) is 3.42. The summed E-state index contributed by atoms with van der Waals surface area (Å²) in [4.78, 5) is 31.6. The van der Waals surface area contributed by atoms with Gasteiger partial charge in [0.1, 0.15) is 0 Å². The largest absolute Gasteiger partial charge is 0.394 e. The first kappa shape index (κ1) is 27.2. The van der Waals surface area contributed by atoms with Gasteiger partial charge < -0.3 is 10.0 Å². The first-order chi connectivity index (χ1) is 20.5. The first-order valence-corrected chi connectivity index (χ1v) is 14.1. The summed E-state index contributed by atoms with van der Waals surface area (Å²) < 4.78 is 1.67. The van der Waals surface area contributed by atoms with Crippen molar-refractivity contribution >= 4 is 23.2 Å². The number of amides is 2. The van der Waals surface area contributed by atoms with Crippen molar-refractivity contribution in [1.82, 2.24) is 14.7 Å². The van der Waals surface area contributed by atoms with E-state index < -0.39 is 0 Å². The van der Waals surface area contributed by atoms with Gasteiger partial charge in [-0.2, -0.15) is 5.10 Å². The normalized spacial score (nSPS) is 14.4. The minimum absolute atomic E-state index is 0.129. The predicted molar refractivity (Wildman–Crippen MR) is 163 cm³/mol. The number of aliphatic hydroxyl groups excluding tert-OH is 1. The highest BCUT2D eigenvalue weighted by atomic mass is 16.3. The summed E-state index contributed by atoms with van der Waals surface area (Å²) in [5.41, 5.74) is 6.57. The Kier molecular flexibility index (Phi) is 7.42. The zero-order chi connectivity index (χ0) is 29.2. The van der Waals surface area contributed by atoms with E-state index in [-0.39, 0.29) is 30.2 Å². The summed E-state index contributed by atoms with van der Waals surface area (Å²) in [7, 11) is 0. The van der Waals surface area contributed by atoms with Gasteiger partial charge in [-0.15, -0.1) is 0 Å². The Labute approximate surface area is 245 Å². The molecule has 0 radical (unpaired) electrons. The third-order valence-electron chi connectivity index (χ3n) is 7.86. The lowest BCUT2D eigenvalue weighted by Crippen LogP contribution is -2.46. The molecule has 6 rings (SSSR count). The van der Waals surface area contributed by atoms with Crippen LogP contribution in [-0.4, -0.2) is 44.3 Å². The molecule has 42 heavy (non-hydrogen) atoms. The van der Waals surface area contributed by atoms with Crippen LogP contribution in [0.15, 0.2) is 109 Å². The number of carbonyl (C=O) groups excluding carboxylic acids is 2. The van der Waals surface area contributed by atoms with E-state index in [0.717, 1.165) is 33.8 Å². The number of aromatic nitrogens is 2. The number of benzene rings is 4. The van der Waals surface area contributed by atoms with Crippen LogP contribution in [0.1, 0.15) is 43.2 Å². The number of hydrogen-bond acceptors (Lipinski definition) is 4. The highest BCUT2D eigenvalue weighted by Crippen LogP contribution is 2.30. The van der Waals surface area contributed by atoms with Gasteiger partial charge in [-0.05, 0) is 73.4 Å². The van der Waals surface area contributed by atoms with Crippen molar-refractivity contribution in [1.29, 1.82) is 0 Å². The van der Waals surface area contributed by atoms with Crippen LogP contribution in [0.2, 0.25) is 0 Å². The number of aryl methyl sites for hydroxylation is 2. The molecular weight excluding hydrogens is 524 g/mol. The SMILES string of the molecule is Cc1cccc(-n2nc(C(=O)N(c3ccccc3)c3ccccc3)cc2C)c1C(=O)N1Cc2ccccc2CC1CO. The molecule has 1 aliphatic rings. The fourth-order valence-corrected chi connectivity index (χ4v) is 5.71. The van der Waals surface area contributed by atoms with Gasteiger partial charge in [0.05, 0.1) is 23.9 Å². The molecule has 2 heterocycles. The van der Waals surface area contributed by atoms with Gasteiger partial charge in [0, 0.05) is 23.6 Å². The monoisotopic (exact) mass is 556 g/mol. The molecule has 1 unspecified atom stereocenters. The van der Waals surface area contributed by atoms with E-state index in [9.17, 15) is 14.7 Å². The molecule has 1 aliphatic heterocycles. The van der Waals surface area contributed by atoms with Crippen LogP contribution in [0.3, 0.4) is 0 Å². The minimum atomic E-state index is -0.332. The molecule has 0 bridgehead atoms. The Balaban J connectivity index is 1.39. The predicted octanol–water partition coefficient (Wildman–Crippen LogP) is 6.03. The minimum Gasteiger partial charge on any atom is -0.394 e. The highest BCUT2D eigenvalue weighted by molar-refractivity contribution is 6.10. The first-order valence-electron chi connectivity index (χ1n) is 14.1. The quantitative estimate of drug-likeness (QED) is 0.277. The number of anilines is 2. The van der Waals surface area contributed by atoms with Gasteiger partial charge >= 0.3 is 0 Å². The molecule has 210 valence electrons. The highest BCUT2D eigenvalue weighted by Gasteiger charge is 2.32. The van der Waals surface area contributed by atoms with Crippen LogP contribution >= 0.6 is 0 Å². The fourth-order valence-electron chi connectivity index (χ4n) is 5.71. The van der Waals surface area contributed by atoms with Crippen molar-refractivity contribution in [2.75, 3.05) is 11.5 Å². The molecule has 4 aromatic carbocycles. The lowest BCUT2D eigenvalue weighted by molar-refractivity contribution is 0.0543. The van der Waals surface area contributed by atoms with Gasteiger partial charge in [0.2, 0.25) is 0 Å². The fraction of sp³-hybridized carbons (Fsp3) is 0.171. The number of aliphatic hydroxyl groups is 1.